The topological polar surface area (TPSA) is 63.2 Å². The van der Waals surface area contributed by atoms with Crippen LogP contribution in [-0.4, -0.2) is 37.2 Å². The molecule has 5 heteroatoms. The van der Waals surface area contributed by atoms with Gasteiger partial charge in [0.2, 0.25) is 0 Å². The molecule has 1 aromatic rings. The summed E-state index contributed by atoms with van der Waals surface area (Å²) in [6.45, 7) is 6.88. The van der Waals surface area contributed by atoms with Gasteiger partial charge in [-0.1, -0.05) is 6.92 Å². The zero-order valence-electron chi connectivity index (χ0n) is 11.7. The van der Waals surface area contributed by atoms with Crippen molar-refractivity contribution in [1.82, 2.24) is 10.3 Å². The van der Waals surface area contributed by atoms with E-state index in [0.29, 0.717) is 25.3 Å². The Morgan fingerprint density at radius 3 is 2.95 bits per heavy atom. The molecule has 0 saturated carbocycles. The molecule has 0 aliphatic heterocycles. The van der Waals surface area contributed by atoms with Crippen LogP contribution in [0.1, 0.15) is 37.0 Å². The Morgan fingerprint density at radius 1 is 1.37 bits per heavy atom. The predicted molar refractivity (Wildman–Crippen MR) is 76.5 cm³/mol. The van der Waals surface area contributed by atoms with E-state index in [1.54, 1.807) is 12.4 Å². The fourth-order valence-corrected chi connectivity index (χ4v) is 1.60. The van der Waals surface area contributed by atoms with E-state index in [2.05, 4.69) is 22.5 Å². The van der Waals surface area contributed by atoms with Gasteiger partial charge >= 0.3 is 0 Å². The van der Waals surface area contributed by atoms with E-state index in [-0.39, 0.29) is 5.91 Å². The van der Waals surface area contributed by atoms with Gasteiger partial charge in [-0.15, -0.1) is 0 Å². The van der Waals surface area contributed by atoms with Crippen molar-refractivity contribution < 1.29 is 9.53 Å². The second kappa shape index (κ2) is 9.33. The highest BCUT2D eigenvalue weighted by Crippen LogP contribution is 2.13. The molecule has 0 saturated heterocycles. The first kappa shape index (κ1) is 15.4. The van der Waals surface area contributed by atoms with Gasteiger partial charge in [-0.05, 0) is 25.8 Å². The average molecular weight is 265 g/mol. The molecule has 1 aromatic heterocycles. The molecule has 0 aliphatic rings. The second-order valence-electron chi connectivity index (χ2n) is 4.15. The average Bonchev–Trinajstić information content (AvgIpc) is 2.45. The molecule has 0 aliphatic carbocycles. The summed E-state index contributed by atoms with van der Waals surface area (Å²) in [5, 5.41) is 6.10. The van der Waals surface area contributed by atoms with Crippen LogP contribution >= 0.6 is 0 Å². The number of rotatable bonds is 9. The summed E-state index contributed by atoms with van der Waals surface area (Å²) in [5.74, 6) is -0.0943. The van der Waals surface area contributed by atoms with Crippen LogP contribution in [-0.2, 0) is 4.74 Å². The summed E-state index contributed by atoms with van der Waals surface area (Å²) in [6.07, 6.45) is 5.11. The monoisotopic (exact) mass is 265 g/mol. The summed E-state index contributed by atoms with van der Waals surface area (Å²) in [6, 6.07) is 1.82. The third-order valence-electron chi connectivity index (χ3n) is 2.59. The highest BCUT2D eigenvalue weighted by Gasteiger charge is 2.10. The van der Waals surface area contributed by atoms with Crippen LogP contribution in [0.5, 0.6) is 0 Å². The summed E-state index contributed by atoms with van der Waals surface area (Å²) >= 11 is 0. The van der Waals surface area contributed by atoms with Crippen LogP contribution in [0.4, 0.5) is 5.69 Å². The molecule has 5 nitrogen and oxygen atoms in total. The maximum Gasteiger partial charge on any atom is 0.254 e. The van der Waals surface area contributed by atoms with Crippen LogP contribution in [0, 0.1) is 0 Å². The van der Waals surface area contributed by atoms with Crippen molar-refractivity contribution in [2.75, 3.05) is 31.6 Å². The lowest BCUT2D eigenvalue weighted by Gasteiger charge is -2.11. The molecule has 0 atom stereocenters. The third-order valence-corrected chi connectivity index (χ3v) is 2.59. The molecular weight excluding hydrogens is 242 g/mol. The number of pyridine rings is 1. The van der Waals surface area contributed by atoms with E-state index in [1.807, 2.05) is 13.0 Å². The van der Waals surface area contributed by atoms with Gasteiger partial charge in [0.05, 0.1) is 11.3 Å². The Balaban J connectivity index is 2.46. The quantitative estimate of drug-likeness (QED) is 0.671. The number of carbonyl (C=O) groups excluding carboxylic acids is 1. The first-order valence-corrected chi connectivity index (χ1v) is 6.83. The molecule has 1 amide bonds. The molecule has 0 radical (unpaired) electrons. The molecule has 0 bridgehead atoms. The maximum atomic E-state index is 12.0. The van der Waals surface area contributed by atoms with Crippen molar-refractivity contribution in [3.63, 3.8) is 0 Å². The molecule has 2 N–H and O–H groups in total. The molecule has 106 valence electrons. The smallest absolute Gasteiger partial charge is 0.254 e. The number of aromatic nitrogens is 1. The largest absolute Gasteiger partial charge is 0.384 e. The van der Waals surface area contributed by atoms with Gasteiger partial charge in [0.15, 0.2) is 0 Å². The molecule has 0 unspecified atom stereocenters. The fraction of sp³-hybridized carbons (Fsp3) is 0.571. The lowest BCUT2D eigenvalue weighted by molar-refractivity contribution is 0.0944. The van der Waals surface area contributed by atoms with E-state index in [0.717, 1.165) is 25.1 Å². The van der Waals surface area contributed by atoms with Crippen molar-refractivity contribution in [1.29, 1.82) is 0 Å². The molecule has 1 heterocycles. The van der Waals surface area contributed by atoms with Crippen LogP contribution in [0.2, 0.25) is 0 Å². The number of carbonyl (C=O) groups is 1. The zero-order valence-corrected chi connectivity index (χ0v) is 11.7. The van der Waals surface area contributed by atoms with Gasteiger partial charge in [-0.2, -0.15) is 0 Å². The number of amides is 1. The third kappa shape index (κ3) is 5.70. The molecule has 1 rings (SSSR count). The minimum atomic E-state index is -0.0943. The summed E-state index contributed by atoms with van der Waals surface area (Å²) in [4.78, 5) is 16.0. The van der Waals surface area contributed by atoms with Crippen molar-refractivity contribution in [2.45, 2.75) is 26.7 Å². The summed E-state index contributed by atoms with van der Waals surface area (Å²) in [5.41, 5.74) is 1.42. The van der Waals surface area contributed by atoms with E-state index in [9.17, 15) is 4.79 Å². The van der Waals surface area contributed by atoms with Gasteiger partial charge < -0.3 is 15.4 Å². The molecule has 0 spiro atoms. The minimum absolute atomic E-state index is 0.0943. The Hall–Kier alpha value is -1.62. The lowest BCUT2D eigenvalue weighted by atomic mass is 10.2. The van der Waals surface area contributed by atoms with Crippen molar-refractivity contribution in [2.24, 2.45) is 0 Å². The first-order valence-electron chi connectivity index (χ1n) is 6.83. The Labute approximate surface area is 114 Å². The number of nitrogens with one attached hydrogen (secondary N) is 2. The Morgan fingerprint density at radius 2 is 2.21 bits per heavy atom. The molecule has 0 aromatic carbocycles. The van der Waals surface area contributed by atoms with Crippen LogP contribution < -0.4 is 10.6 Å². The Kier molecular flexibility index (Phi) is 7.58. The molecular formula is C14H23N3O2. The van der Waals surface area contributed by atoms with Crippen LogP contribution in [0.25, 0.3) is 0 Å². The summed E-state index contributed by atoms with van der Waals surface area (Å²) in [7, 11) is 0. The molecule has 19 heavy (non-hydrogen) atoms. The highest BCUT2D eigenvalue weighted by molar-refractivity contribution is 5.99. The number of anilines is 1. The number of ether oxygens (including phenoxy) is 1. The standard InChI is InChI=1S/C14H23N3O2/c1-3-7-16-13-6-9-15-11-12(13)14(18)17-8-5-10-19-4-2/h6,9,11H,3-5,7-8,10H2,1-2H3,(H,15,16)(H,17,18). The predicted octanol–water partition coefficient (Wildman–Crippen LogP) is 2.06. The SMILES string of the molecule is CCCNc1ccncc1C(=O)NCCCOCC. The number of hydrogen-bond donors (Lipinski definition) is 2. The number of hydrogen-bond acceptors (Lipinski definition) is 4. The van der Waals surface area contributed by atoms with Gasteiger partial charge in [0.1, 0.15) is 0 Å². The van der Waals surface area contributed by atoms with Gasteiger partial charge in [-0.25, -0.2) is 0 Å². The normalized spacial score (nSPS) is 10.2. The van der Waals surface area contributed by atoms with Gasteiger partial charge in [0.25, 0.3) is 5.91 Å². The van der Waals surface area contributed by atoms with Crippen molar-refractivity contribution in [3.05, 3.63) is 24.0 Å². The Bertz CT molecular complexity index is 383. The maximum absolute atomic E-state index is 12.0. The minimum Gasteiger partial charge on any atom is -0.384 e. The fourth-order valence-electron chi connectivity index (χ4n) is 1.60. The van der Waals surface area contributed by atoms with Crippen LogP contribution in [0.15, 0.2) is 18.5 Å². The molecule has 0 fully saturated rings. The van der Waals surface area contributed by atoms with E-state index < -0.39 is 0 Å². The second-order valence-corrected chi connectivity index (χ2v) is 4.15. The van der Waals surface area contributed by atoms with E-state index in [1.165, 1.54) is 0 Å². The van der Waals surface area contributed by atoms with E-state index >= 15 is 0 Å². The first-order chi connectivity index (χ1) is 9.29. The lowest BCUT2D eigenvalue weighted by Crippen LogP contribution is -2.26. The summed E-state index contributed by atoms with van der Waals surface area (Å²) < 4.78 is 5.22. The van der Waals surface area contributed by atoms with Crippen molar-refractivity contribution in [3.8, 4) is 0 Å². The van der Waals surface area contributed by atoms with Crippen molar-refractivity contribution >= 4 is 11.6 Å². The zero-order chi connectivity index (χ0) is 13.9. The van der Waals surface area contributed by atoms with Gasteiger partial charge in [0, 0.05) is 38.7 Å². The highest BCUT2D eigenvalue weighted by atomic mass is 16.5. The van der Waals surface area contributed by atoms with Gasteiger partial charge in [-0.3, -0.25) is 9.78 Å². The van der Waals surface area contributed by atoms with E-state index in [4.69, 9.17) is 4.74 Å². The number of nitrogens with zero attached hydrogens (tertiary/aromatic N) is 1. The van der Waals surface area contributed by atoms with Crippen LogP contribution in [0.3, 0.4) is 0 Å².